The summed E-state index contributed by atoms with van der Waals surface area (Å²) in [5.74, 6) is -0.240. The highest BCUT2D eigenvalue weighted by molar-refractivity contribution is 6.01. The van der Waals surface area contributed by atoms with Crippen molar-refractivity contribution in [3.63, 3.8) is 0 Å². The number of fused-ring (bicyclic) bond motifs is 2. The summed E-state index contributed by atoms with van der Waals surface area (Å²) in [5.41, 5.74) is 1.88. The molecule has 0 spiro atoms. The molecule has 1 saturated heterocycles. The molecule has 0 saturated carbocycles. The zero-order chi connectivity index (χ0) is 34.2. The molecule has 0 aromatic heterocycles. The van der Waals surface area contributed by atoms with E-state index in [0.29, 0.717) is 56.9 Å². The van der Waals surface area contributed by atoms with Gasteiger partial charge < -0.3 is 40.9 Å². The van der Waals surface area contributed by atoms with Crippen molar-refractivity contribution in [2.75, 3.05) is 52.4 Å². The Kier molecular flexibility index (Phi) is 11.2. The molecule has 0 bridgehead atoms. The predicted molar refractivity (Wildman–Crippen MR) is 190 cm³/mol. The number of nitrogens with one attached hydrogen (secondary N) is 2. The van der Waals surface area contributed by atoms with Crippen LogP contribution in [0.1, 0.15) is 35.1 Å². The van der Waals surface area contributed by atoms with E-state index in [4.69, 9.17) is 0 Å². The number of hydrogen-bond donors (Lipinski definition) is 6. The second kappa shape index (κ2) is 15.7. The summed E-state index contributed by atoms with van der Waals surface area (Å²) >= 11 is 0. The first-order valence-electron chi connectivity index (χ1n) is 16.4. The summed E-state index contributed by atoms with van der Waals surface area (Å²) < 4.78 is 0. The number of phenols is 4. The Balaban J connectivity index is 0.966. The third kappa shape index (κ3) is 7.90. The van der Waals surface area contributed by atoms with Gasteiger partial charge in [-0.2, -0.15) is 0 Å². The Morgan fingerprint density at radius 3 is 1.29 bits per heavy atom. The van der Waals surface area contributed by atoms with Gasteiger partial charge in [0.1, 0.15) is 23.0 Å². The third-order valence-corrected chi connectivity index (χ3v) is 9.07. The van der Waals surface area contributed by atoms with E-state index in [1.165, 1.54) is 12.2 Å². The number of carbonyl (C=O) groups is 2. The van der Waals surface area contributed by atoms with Gasteiger partial charge in [0.15, 0.2) is 0 Å². The molecule has 10 heteroatoms. The average molecular weight is 653 g/mol. The molecule has 0 atom stereocenters. The number of nitrogens with zero attached hydrogens (tertiary/aromatic N) is 2. The molecular formula is C38H44N4O6. The van der Waals surface area contributed by atoms with Crippen molar-refractivity contribution in [1.29, 1.82) is 0 Å². The highest BCUT2D eigenvalue weighted by atomic mass is 16.3. The number of hydrogen-bond acceptors (Lipinski definition) is 8. The number of carbonyl (C=O) groups excluding carboxylic acids is 2. The number of benzene rings is 4. The van der Waals surface area contributed by atoms with Crippen molar-refractivity contribution >= 4 is 45.5 Å². The predicted octanol–water partition coefficient (Wildman–Crippen LogP) is 4.79. The van der Waals surface area contributed by atoms with E-state index in [9.17, 15) is 30.0 Å². The van der Waals surface area contributed by atoms with E-state index in [2.05, 4.69) is 20.4 Å². The summed E-state index contributed by atoms with van der Waals surface area (Å²) in [5, 5.41) is 50.5. The van der Waals surface area contributed by atoms with Crippen LogP contribution in [0.2, 0.25) is 0 Å². The van der Waals surface area contributed by atoms with Crippen LogP contribution in [-0.2, 0) is 9.59 Å². The topological polar surface area (TPSA) is 146 Å². The number of amides is 2. The van der Waals surface area contributed by atoms with E-state index in [1.54, 1.807) is 74.5 Å². The van der Waals surface area contributed by atoms with Crippen molar-refractivity contribution < 1.29 is 30.0 Å². The van der Waals surface area contributed by atoms with Crippen molar-refractivity contribution in [1.82, 2.24) is 20.4 Å². The van der Waals surface area contributed by atoms with Gasteiger partial charge in [-0.05, 0) is 51.9 Å². The Bertz CT molecular complexity index is 1720. The standard InChI is InChI=1S/C38H44N4O6/c1-25-27(37(47)31-11-5-3-9-29(31)35(25)45)13-15-33(43)39-17-7-19-41-21-23-42(24-22-41)20-8-18-40-34(44)16-14-28-26(2)36(46)30-10-4-6-12-32(30)38(28)48/h3-6,9-16,45-48H,7-8,17-24H2,1-2H3,(H,39,43)(H,40,44)/b15-13+,16-14+. The Morgan fingerprint density at radius 2 is 0.938 bits per heavy atom. The lowest BCUT2D eigenvalue weighted by Crippen LogP contribution is -2.47. The molecule has 2 amide bonds. The first-order valence-corrected chi connectivity index (χ1v) is 16.4. The lowest BCUT2D eigenvalue weighted by molar-refractivity contribution is -0.117. The second-order valence-electron chi connectivity index (χ2n) is 12.2. The molecule has 48 heavy (non-hydrogen) atoms. The van der Waals surface area contributed by atoms with E-state index in [0.717, 1.165) is 52.1 Å². The number of phenolic OH excluding ortho intramolecular Hbond substituents is 4. The van der Waals surface area contributed by atoms with Crippen LogP contribution in [0.3, 0.4) is 0 Å². The third-order valence-electron chi connectivity index (χ3n) is 9.07. The molecule has 1 heterocycles. The normalized spacial score (nSPS) is 14.4. The first-order chi connectivity index (χ1) is 23.2. The van der Waals surface area contributed by atoms with Gasteiger partial charge in [-0.25, -0.2) is 0 Å². The van der Waals surface area contributed by atoms with Crippen molar-refractivity contribution in [3.05, 3.63) is 82.9 Å². The smallest absolute Gasteiger partial charge is 0.244 e. The lowest BCUT2D eigenvalue weighted by atomic mass is 9.98. The number of rotatable bonds is 12. The molecule has 6 N–H and O–H groups in total. The molecule has 5 rings (SSSR count). The van der Waals surface area contributed by atoms with Crippen LogP contribution in [-0.4, -0.2) is 94.4 Å². The van der Waals surface area contributed by atoms with Crippen molar-refractivity contribution in [3.8, 4) is 23.0 Å². The van der Waals surface area contributed by atoms with Gasteiger partial charge >= 0.3 is 0 Å². The van der Waals surface area contributed by atoms with Crippen molar-refractivity contribution in [2.24, 2.45) is 0 Å². The van der Waals surface area contributed by atoms with E-state index in [1.807, 2.05) is 0 Å². The maximum atomic E-state index is 12.4. The fraction of sp³-hybridized carbons (Fsp3) is 0.316. The largest absolute Gasteiger partial charge is 0.507 e. The van der Waals surface area contributed by atoms with Crippen LogP contribution in [0.4, 0.5) is 0 Å². The van der Waals surface area contributed by atoms with Crippen molar-refractivity contribution in [2.45, 2.75) is 26.7 Å². The number of aromatic hydroxyl groups is 4. The summed E-state index contributed by atoms with van der Waals surface area (Å²) in [6.45, 7) is 10.0. The molecule has 4 aromatic carbocycles. The average Bonchev–Trinajstić information content (AvgIpc) is 3.10. The van der Waals surface area contributed by atoms with E-state index < -0.39 is 0 Å². The zero-order valence-electron chi connectivity index (χ0n) is 27.5. The van der Waals surface area contributed by atoms with Gasteiger partial charge in [0.25, 0.3) is 0 Å². The fourth-order valence-corrected chi connectivity index (χ4v) is 6.21. The minimum absolute atomic E-state index is 0.0401. The highest BCUT2D eigenvalue weighted by Crippen LogP contribution is 2.40. The molecule has 10 nitrogen and oxygen atoms in total. The molecular weight excluding hydrogens is 608 g/mol. The summed E-state index contributed by atoms with van der Waals surface area (Å²) in [6, 6.07) is 14.1. The molecule has 1 aliphatic rings. The molecule has 4 aromatic rings. The van der Waals surface area contributed by atoms with Crippen LogP contribution < -0.4 is 10.6 Å². The molecule has 0 unspecified atom stereocenters. The molecule has 1 aliphatic heterocycles. The van der Waals surface area contributed by atoms with Crippen LogP contribution in [0, 0.1) is 13.8 Å². The highest BCUT2D eigenvalue weighted by Gasteiger charge is 2.17. The first kappa shape index (κ1) is 34.3. The Hall–Kier alpha value is -5.06. The molecule has 252 valence electrons. The minimum atomic E-state index is -0.255. The maximum Gasteiger partial charge on any atom is 0.244 e. The van der Waals surface area contributed by atoms with Crippen LogP contribution in [0.25, 0.3) is 33.7 Å². The molecule has 0 aliphatic carbocycles. The summed E-state index contributed by atoms with van der Waals surface area (Å²) in [6.07, 6.45) is 7.48. The van der Waals surface area contributed by atoms with Gasteiger partial charge in [-0.3, -0.25) is 9.59 Å². The Labute approximate surface area is 280 Å². The number of piperazine rings is 1. The van der Waals surface area contributed by atoms with Gasteiger partial charge in [0.2, 0.25) is 11.8 Å². The lowest BCUT2D eigenvalue weighted by Gasteiger charge is -2.34. The maximum absolute atomic E-state index is 12.4. The molecule has 1 fully saturated rings. The van der Waals surface area contributed by atoms with Gasteiger partial charge in [0.05, 0.1) is 0 Å². The van der Waals surface area contributed by atoms with Gasteiger partial charge in [0, 0.05) is 95.2 Å². The minimum Gasteiger partial charge on any atom is -0.507 e. The van der Waals surface area contributed by atoms with Crippen LogP contribution in [0.15, 0.2) is 60.7 Å². The van der Waals surface area contributed by atoms with Crippen LogP contribution in [0.5, 0.6) is 23.0 Å². The second-order valence-corrected chi connectivity index (χ2v) is 12.2. The SMILES string of the molecule is Cc1c(/C=C/C(=O)NCCCN2CCN(CCCNC(=O)/C=C/c3c(C)c(O)c4ccccc4c3O)CC2)c(O)c2ccccc2c1O. The zero-order valence-corrected chi connectivity index (χ0v) is 27.5. The summed E-state index contributed by atoms with van der Waals surface area (Å²) in [7, 11) is 0. The van der Waals surface area contributed by atoms with Crippen LogP contribution >= 0.6 is 0 Å². The summed E-state index contributed by atoms with van der Waals surface area (Å²) in [4.78, 5) is 29.6. The Morgan fingerprint density at radius 1 is 0.604 bits per heavy atom. The molecule has 0 radical (unpaired) electrons. The van der Waals surface area contributed by atoms with Gasteiger partial charge in [-0.15, -0.1) is 0 Å². The van der Waals surface area contributed by atoms with E-state index >= 15 is 0 Å². The monoisotopic (exact) mass is 652 g/mol. The fourth-order valence-electron chi connectivity index (χ4n) is 6.21. The quantitative estimate of drug-likeness (QED) is 0.0728. The van der Waals surface area contributed by atoms with Gasteiger partial charge in [-0.1, -0.05) is 48.5 Å². The van der Waals surface area contributed by atoms with E-state index in [-0.39, 0.29) is 34.8 Å².